The molecule has 1 rings (SSSR count). The summed E-state index contributed by atoms with van der Waals surface area (Å²) in [6.45, 7) is -0.582. The molecule has 0 amide bonds. The standard InChI is InChI=1S/C10H13FN2O3/c11-3-4-16-8-2-1-7(13-6-8)5-9(12)10(14)15/h1-2,6,9H,3-5,12H2,(H,14,15)/t9-/m0/s1/i11-1. The molecule has 0 radical (unpaired) electrons. The van der Waals surface area contributed by atoms with Crippen LogP contribution in [0.4, 0.5) is 4.39 Å². The molecule has 0 saturated heterocycles. The largest absolute Gasteiger partial charge is 0.489 e. The predicted octanol–water partition coefficient (Wildman–Crippen LogP) is 0.384. The maximum absolute atomic E-state index is 11.8. The maximum Gasteiger partial charge on any atom is 0.320 e. The number of nitrogens with zero attached hydrogens (tertiary/aromatic N) is 1. The van der Waals surface area contributed by atoms with E-state index in [4.69, 9.17) is 15.6 Å². The first-order valence-electron chi connectivity index (χ1n) is 4.75. The highest BCUT2D eigenvalue weighted by Crippen LogP contribution is 2.09. The molecule has 16 heavy (non-hydrogen) atoms. The summed E-state index contributed by atoms with van der Waals surface area (Å²) in [5, 5.41) is 8.59. The summed E-state index contributed by atoms with van der Waals surface area (Å²) in [5.74, 6) is -0.621. The Kier molecular flexibility index (Phi) is 4.65. The van der Waals surface area contributed by atoms with E-state index in [0.29, 0.717) is 11.4 Å². The molecule has 1 aromatic heterocycles. The number of aromatic nitrogens is 1. The van der Waals surface area contributed by atoms with Gasteiger partial charge in [-0.25, -0.2) is 4.39 Å². The first-order valence-corrected chi connectivity index (χ1v) is 4.75. The van der Waals surface area contributed by atoms with E-state index in [1.54, 1.807) is 12.1 Å². The predicted molar refractivity (Wildman–Crippen MR) is 55.0 cm³/mol. The van der Waals surface area contributed by atoms with Gasteiger partial charge >= 0.3 is 5.97 Å². The number of carboxylic acids is 1. The van der Waals surface area contributed by atoms with Gasteiger partial charge in [0.25, 0.3) is 0 Å². The van der Waals surface area contributed by atoms with Crippen molar-refractivity contribution in [2.45, 2.75) is 12.5 Å². The number of carbonyl (C=O) groups is 1. The highest BCUT2D eigenvalue weighted by Gasteiger charge is 2.12. The van der Waals surface area contributed by atoms with Crippen molar-refractivity contribution in [3.8, 4) is 5.75 Å². The third kappa shape index (κ3) is 3.82. The van der Waals surface area contributed by atoms with Gasteiger partial charge in [-0.15, -0.1) is 0 Å². The zero-order valence-corrected chi connectivity index (χ0v) is 8.60. The van der Waals surface area contributed by atoms with Crippen LogP contribution in [-0.2, 0) is 11.2 Å². The molecule has 0 bridgehead atoms. The van der Waals surface area contributed by atoms with Gasteiger partial charge < -0.3 is 15.6 Å². The Morgan fingerprint density at radius 2 is 2.38 bits per heavy atom. The molecule has 5 nitrogen and oxygen atoms in total. The number of hydrogen-bond acceptors (Lipinski definition) is 4. The van der Waals surface area contributed by atoms with E-state index in [2.05, 4.69) is 4.98 Å². The lowest BCUT2D eigenvalue weighted by atomic mass is 10.1. The van der Waals surface area contributed by atoms with E-state index in [1.807, 2.05) is 0 Å². The fraction of sp³-hybridized carbons (Fsp3) is 0.400. The molecule has 1 aromatic rings. The zero-order chi connectivity index (χ0) is 12.0. The molecule has 0 aliphatic heterocycles. The molecule has 0 aliphatic rings. The van der Waals surface area contributed by atoms with Crippen molar-refractivity contribution in [2.24, 2.45) is 5.73 Å². The van der Waals surface area contributed by atoms with Crippen molar-refractivity contribution in [1.82, 2.24) is 4.98 Å². The molecular formula is C10H13FN2O3. The number of hydrogen-bond donors (Lipinski definition) is 2. The van der Waals surface area contributed by atoms with Crippen molar-refractivity contribution in [3.05, 3.63) is 24.0 Å². The third-order valence-electron chi connectivity index (χ3n) is 1.89. The molecule has 0 saturated carbocycles. The summed E-state index contributed by atoms with van der Waals surface area (Å²) < 4.78 is 16.8. The van der Waals surface area contributed by atoms with Crippen LogP contribution in [0.2, 0.25) is 0 Å². The Morgan fingerprint density at radius 3 is 2.88 bits per heavy atom. The number of rotatable bonds is 6. The summed E-state index contributed by atoms with van der Waals surface area (Å²) in [5.41, 5.74) is 5.90. The molecule has 1 atom stereocenters. The molecule has 0 aromatic carbocycles. The maximum atomic E-state index is 11.8. The normalized spacial score (nSPS) is 12.1. The molecular weight excluding hydrogens is 214 g/mol. The number of aliphatic carboxylic acids is 1. The van der Waals surface area contributed by atoms with Crippen LogP contribution in [0.25, 0.3) is 0 Å². The highest BCUT2D eigenvalue weighted by molar-refractivity contribution is 5.73. The first-order chi connectivity index (χ1) is 7.63. The molecule has 0 unspecified atom stereocenters. The smallest absolute Gasteiger partial charge is 0.320 e. The van der Waals surface area contributed by atoms with Crippen molar-refractivity contribution in [3.63, 3.8) is 0 Å². The second-order valence-corrected chi connectivity index (χ2v) is 3.17. The van der Waals surface area contributed by atoms with Crippen LogP contribution in [0.1, 0.15) is 5.69 Å². The van der Waals surface area contributed by atoms with Crippen LogP contribution < -0.4 is 10.5 Å². The molecule has 3 N–H and O–H groups in total. The highest BCUT2D eigenvalue weighted by atomic mass is 18.2. The Balaban J connectivity index is 2.54. The molecule has 1 heterocycles. The quantitative estimate of drug-likeness (QED) is 0.734. The first kappa shape index (κ1) is 12.4. The Labute approximate surface area is 92.1 Å². The van der Waals surface area contributed by atoms with E-state index >= 15 is 0 Å². The SMILES string of the molecule is N[C@@H](Cc1ccc(OCC[18F])cn1)C(=O)O. The third-order valence-corrected chi connectivity index (χ3v) is 1.89. The topological polar surface area (TPSA) is 85.4 Å². The lowest BCUT2D eigenvalue weighted by molar-refractivity contribution is -0.138. The minimum Gasteiger partial charge on any atom is -0.489 e. The van der Waals surface area contributed by atoms with Crippen molar-refractivity contribution < 1.29 is 19.0 Å². The molecule has 0 fully saturated rings. The summed E-state index contributed by atoms with van der Waals surface area (Å²) in [6, 6.07) is 2.24. The van der Waals surface area contributed by atoms with Gasteiger partial charge in [0.05, 0.1) is 6.20 Å². The second kappa shape index (κ2) is 6.02. The van der Waals surface area contributed by atoms with Crippen LogP contribution in [0, 0.1) is 0 Å². The van der Waals surface area contributed by atoms with Crippen LogP contribution in [0.5, 0.6) is 5.75 Å². The number of pyridine rings is 1. The van der Waals surface area contributed by atoms with E-state index in [0.717, 1.165) is 0 Å². The Bertz CT molecular complexity index is 342. The van der Waals surface area contributed by atoms with E-state index in [9.17, 15) is 9.18 Å². The van der Waals surface area contributed by atoms with Gasteiger partial charge in [-0.2, -0.15) is 0 Å². The zero-order valence-electron chi connectivity index (χ0n) is 8.60. The number of alkyl halides is 1. The van der Waals surface area contributed by atoms with Gasteiger partial charge in [-0.3, -0.25) is 9.78 Å². The second-order valence-electron chi connectivity index (χ2n) is 3.17. The monoisotopic (exact) mass is 227 g/mol. The van der Waals surface area contributed by atoms with Gasteiger partial charge in [0.2, 0.25) is 0 Å². The summed E-state index contributed by atoms with van der Waals surface area (Å²) in [4.78, 5) is 14.5. The average molecular weight is 227 g/mol. The lowest BCUT2D eigenvalue weighted by Crippen LogP contribution is -2.32. The summed E-state index contributed by atoms with van der Waals surface area (Å²) >= 11 is 0. The fourth-order valence-corrected chi connectivity index (χ4v) is 1.09. The van der Waals surface area contributed by atoms with Crippen molar-refractivity contribution >= 4 is 5.97 Å². The van der Waals surface area contributed by atoms with E-state index in [-0.39, 0.29) is 13.0 Å². The van der Waals surface area contributed by atoms with Gasteiger partial charge in [0, 0.05) is 12.1 Å². The van der Waals surface area contributed by atoms with E-state index < -0.39 is 18.7 Å². The number of nitrogens with two attached hydrogens (primary N) is 1. The number of ether oxygens (including phenoxy) is 1. The minimum atomic E-state index is -1.07. The fourth-order valence-electron chi connectivity index (χ4n) is 1.09. The number of halogens is 1. The van der Waals surface area contributed by atoms with Gasteiger partial charge in [-0.1, -0.05) is 0 Å². The van der Waals surface area contributed by atoms with Crippen LogP contribution in [0.3, 0.4) is 0 Å². The van der Waals surface area contributed by atoms with Crippen LogP contribution in [-0.4, -0.2) is 35.4 Å². The molecule has 0 aliphatic carbocycles. The lowest BCUT2D eigenvalue weighted by Gasteiger charge is -2.07. The van der Waals surface area contributed by atoms with Crippen LogP contribution in [0.15, 0.2) is 18.3 Å². The summed E-state index contributed by atoms with van der Waals surface area (Å²) in [7, 11) is 0. The molecule has 6 heteroatoms. The van der Waals surface area contributed by atoms with Gasteiger partial charge in [-0.05, 0) is 12.1 Å². The van der Waals surface area contributed by atoms with Crippen LogP contribution >= 0.6 is 0 Å². The number of carboxylic acid groups (broad SMARTS) is 1. The molecule has 88 valence electrons. The van der Waals surface area contributed by atoms with E-state index in [1.165, 1.54) is 6.20 Å². The van der Waals surface area contributed by atoms with Gasteiger partial charge in [0.15, 0.2) is 0 Å². The van der Waals surface area contributed by atoms with Crippen molar-refractivity contribution in [1.29, 1.82) is 0 Å². The Morgan fingerprint density at radius 1 is 1.62 bits per heavy atom. The van der Waals surface area contributed by atoms with Crippen molar-refractivity contribution in [2.75, 3.05) is 13.3 Å². The Hall–Kier alpha value is -1.69. The minimum absolute atomic E-state index is 0.0182. The molecule has 0 spiro atoms. The van der Waals surface area contributed by atoms with Gasteiger partial charge in [0.1, 0.15) is 25.1 Å². The average Bonchev–Trinajstić information content (AvgIpc) is 2.28. The summed E-state index contributed by atoms with van der Waals surface area (Å²) in [6.07, 6.45) is 1.57.